The van der Waals surface area contributed by atoms with Gasteiger partial charge in [0.05, 0.1) is 12.2 Å². The summed E-state index contributed by atoms with van der Waals surface area (Å²) in [6.45, 7) is 3.87. The van der Waals surface area contributed by atoms with Crippen LogP contribution in [0.1, 0.15) is 38.3 Å². The molecule has 0 aliphatic heterocycles. The van der Waals surface area contributed by atoms with Crippen molar-refractivity contribution >= 4 is 17.4 Å². The number of nitrogens with zero attached hydrogens (tertiary/aromatic N) is 2. The minimum Gasteiger partial charge on any atom is -0.378 e. The predicted octanol–water partition coefficient (Wildman–Crippen LogP) is 4.55. The number of aromatic nitrogens is 2. The topological polar surface area (TPSA) is 29.9 Å². The molecular weight excluding hydrogens is 278 g/mol. The van der Waals surface area contributed by atoms with Gasteiger partial charge in [0.25, 0.3) is 0 Å². The molecule has 0 spiro atoms. The molecular formula is C17H23N3S. The second-order valence-corrected chi connectivity index (χ2v) is 6.85. The summed E-state index contributed by atoms with van der Waals surface area (Å²) in [5, 5.41) is 8.71. The van der Waals surface area contributed by atoms with Crippen LogP contribution in [-0.4, -0.2) is 15.0 Å². The fourth-order valence-corrected chi connectivity index (χ4v) is 4.23. The van der Waals surface area contributed by atoms with Crippen molar-refractivity contribution in [3.63, 3.8) is 0 Å². The normalized spacial score (nSPS) is 15.5. The smallest absolute Gasteiger partial charge is 0.0575 e. The molecule has 2 aromatic rings. The Morgan fingerprint density at radius 2 is 2.05 bits per heavy atom. The number of aryl methyl sites for hydroxylation is 1. The van der Waals surface area contributed by atoms with Gasteiger partial charge in [-0.15, -0.1) is 11.8 Å². The first-order valence-electron chi connectivity index (χ1n) is 7.87. The fraction of sp³-hybridized carbons (Fsp3) is 0.471. The molecule has 1 N–H and O–H groups in total. The van der Waals surface area contributed by atoms with Crippen LogP contribution in [0.5, 0.6) is 0 Å². The molecule has 1 aliphatic rings. The van der Waals surface area contributed by atoms with Crippen molar-refractivity contribution in [2.75, 3.05) is 5.32 Å². The van der Waals surface area contributed by atoms with Crippen LogP contribution in [0.25, 0.3) is 0 Å². The summed E-state index contributed by atoms with van der Waals surface area (Å²) >= 11 is 2.04. The summed E-state index contributed by atoms with van der Waals surface area (Å²) in [6, 6.07) is 10.8. The molecule has 1 fully saturated rings. The molecule has 0 radical (unpaired) electrons. The van der Waals surface area contributed by atoms with Gasteiger partial charge in [-0.05, 0) is 38.0 Å². The van der Waals surface area contributed by atoms with Crippen molar-refractivity contribution < 1.29 is 0 Å². The first kappa shape index (κ1) is 14.5. The van der Waals surface area contributed by atoms with Gasteiger partial charge in [0.15, 0.2) is 0 Å². The lowest BCUT2D eigenvalue weighted by atomic mass is 10.3. The number of anilines is 1. The van der Waals surface area contributed by atoms with Gasteiger partial charge >= 0.3 is 0 Å². The third-order valence-corrected chi connectivity index (χ3v) is 5.46. The molecule has 0 bridgehead atoms. The summed E-state index contributed by atoms with van der Waals surface area (Å²) in [4.78, 5) is 1.38. The van der Waals surface area contributed by atoms with Crippen molar-refractivity contribution in [2.24, 2.45) is 0 Å². The maximum Gasteiger partial charge on any atom is 0.0575 e. The van der Waals surface area contributed by atoms with E-state index in [0.717, 1.165) is 18.3 Å². The lowest BCUT2D eigenvalue weighted by Gasteiger charge is -2.15. The van der Waals surface area contributed by atoms with Gasteiger partial charge in [-0.1, -0.05) is 25.0 Å². The molecule has 1 aromatic heterocycles. The Balaban J connectivity index is 1.67. The average Bonchev–Trinajstić information content (AvgIpc) is 3.17. The Hall–Kier alpha value is -1.42. The van der Waals surface area contributed by atoms with Crippen LogP contribution < -0.4 is 5.32 Å². The highest BCUT2D eigenvalue weighted by Gasteiger charge is 2.17. The molecule has 3 nitrogen and oxygen atoms in total. The van der Waals surface area contributed by atoms with Crippen LogP contribution in [-0.2, 0) is 13.1 Å². The fourth-order valence-electron chi connectivity index (χ4n) is 2.88. The molecule has 1 aliphatic carbocycles. The lowest BCUT2D eigenvalue weighted by Crippen LogP contribution is -2.08. The van der Waals surface area contributed by atoms with Gasteiger partial charge in [-0.25, -0.2) is 0 Å². The highest BCUT2D eigenvalue weighted by molar-refractivity contribution is 8.00. The largest absolute Gasteiger partial charge is 0.378 e. The van der Waals surface area contributed by atoms with Crippen molar-refractivity contribution in [3.8, 4) is 0 Å². The van der Waals surface area contributed by atoms with Gasteiger partial charge in [-0.3, -0.25) is 4.68 Å². The number of benzene rings is 1. The molecule has 21 heavy (non-hydrogen) atoms. The predicted molar refractivity (Wildman–Crippen MR) is 89.8 cm³/mol. The lowest BCUT2D eigenvalue weighted by molar-refractivity contribution is 0.627. The second-order valence-electron chi connectivity index (χ2n) is 5.51. The molecule has 0 saturated heterocycles. The van der Waals surface area contributed by atoms with E-state index in [2.05, 4.69) is 47.7 Å². The summed E-state index contributed by atoms with van der Waals surface area (Å²) in [6.07, 6.45) is 7.38. The van der Waals surface area contributed by atoms with E-state index in [4.69, 9.17) is 0 Å². The van der Waals surface area contributed by atoms with Gasteiger partial charge in [-0.2, -0.15) is 5.10 Å². The number of hydrogen-bond donors (Lipinski definition) is 1. The Labute approximate surface area is 131 Å². The van der Waals surface area contributed by atoms with Crippen LogP contribution >= 0.6 is 11.8 Å². The number of para-hydroxylation sites is 1. The molecule has 1 saturated carbocycles. The molecule has 0 atom stereocenters. The zero-order valence-electron chi connectivity index (χ0n) is 12.6. The minimum atomic E-state index is 0.800. The van der Waals surface area contributed by atoms with Crippen LogP contribution in [0.3, 0.4) is 0 Å². The van der Waals surface area contributed by atoms with E-state index in [1.807, 2.05) is 22.6 Å². The monoisotopic (exact) mass is 301 g/mol. The zero-order valence-corrected chi connectivity index (χ0v) is 13.4. The number of nitrogens with one attached hydrogen (secondary N) is 1. The van der Waals surface area contributed by atoms with Gasteiger partial charge in [0, 0.05) is 28.6 Å². The average molecular weight is 301 g/mol. The van der Waals surface area contributed by atoms with E-state index >= 15 is 0 Å². The van der Waals surface area contributed by atoms with Crippen LogP contribution in [0.2, 0.25) is 0 Å². The Kier molecular flexibility index (Phi) is 4.86. The highest BCUT2D eigenvalue weighted by atomic mass is 32.2. The number of thioether (sulfide) groups is 1. The number of rotatable bonds is 6. The Morgan fingerprint density at radius 3 is 2.86 bits per heavy atom. The minimum absolute atomic E-state index is 0.800. The first-order valence-corrected chi connectivity index (χ1v) is 8.75. The summed E-state index contributed by atoms with van der Waals surface area (Å²) in [5.41, 5.74) is 2.48. The van der Waals surface area contributed by atoms with E-state index in [0.29, 0.717) is 0 Å². The van der Waals surface area contributed by atoms with Crippen molar-refractivity contribution in [3.05, 3.63) is 42.2 Å². The highest BCUT2D eigenvalue weighted by Crippen LogP contribution is 2.38. The second kappa shape index (κ2) is 7.03. The molecule has 0 unspecified atom stereocenters. The maximum absolute atomic E-state index is 4.32. The molecule has 1 heterocycles. The molecule has 1 aromatic carbocycles. The first-order chi connectivity index (χ1) is 10.4. The van der Waals surface area contributed by atoms with E-state index in [9.17, 15) is 0 Å². The van der Waals surface area contributed by atoms with Gasteiger partial charge < -0.3 is 5.32 Å². The summed E-state index contributed by atoms with van der Waals surface area (Å²) in [5.74, 6) is 0. The summed E-state index contributed by atoms with van der Waals surface area (Å²) < 4.78 is 2.04. The van der Waals surface area contributed by atoms with Crippen LogP contribution in [0.15, 0.2) is 41.4 Å². The molecule has 0 amide bonds. The quantitative estimate of drug-likeness (QED) is 0.849. The summed E-state index contributed by atoms with van der Waals surface area (Å²) in [7, 11) is 0. The molecule has 4 heteroatoms. The van der Waals surface area contributed by atoms with E-state index in [1.165, 1.54) is 42.0 Å². The third-order valence-electron chi connectivity index (χ3n) is 4.05. The van der Waals surface area contributed by atoms with Crippen LogP contribution in [0, 0.1) is 0 Å². The van der Waals surface area contributed by atoms with Crippen molar-refractivity contribution in [2.45, 2.75) is 55.8 Å². The zero-order chi connectivity index (χ0) is 14.5. The van der Waals surface area contributed by atoms with E-state index < -0.39 is 0 Å². The van der Waals surface area contributed by atoms with E-state index in [1.54, 1.807) is 0 Å². The SMILES string of the molecule is CCn1nccc1CNc1ccccc1SC1CCCC1. The van der Waals surface area contributed by atoms with Crippen molar-refractivity contribution in [1.82, 2.24) is 9.78 Å². The van der Waals surface area contributed by atoms with Gasteiger partial charge in [0.1, 0.15) is 0 Å². The molecule has 112 valence electrons. The van der Waals surface area contributed by atoms with E-state index in [-0.39, 0.29) is 0 Å². The van der Waals surface area contributed by atoms with Gasteiger partial charge in [0.2, 0.25) is 0 Å². The Morgan fingerprint density at radius 1 is 1.24 bits per heavy atom. The standard InChI is InChI=1S/C17H23N3S/c1-2-20-14(11-12-19-20)13-18-16-9-5-6-10-17(16)21-15-7-3-4-8-15/h5-6,9-12,15,18H,2-4,7-8,13H2,1H3. The molecule has 3 rings (SSSR count). The van der Waals surface area contributed by atoms with Crippen LogP contribution in [0.4, 0.5) is 5.69 Å². The third kappa shape index (κ3) is 3.62. The number of hydrogen-bond acceptors (Lipinski definition) is 3. The maximum atomic E-state index is 4.32. The Bertz CT molecular complexity index is 573. The van der Waals surface area contributed by atoms with Crippen molar-refractivity contribution in [1.29, 1.82) is 0 Å².